The third kappa shape index (κ3) is 3.90. The van der Waals surface area contributed by atoms with Gasteiger partial charge in [0.25, 0.3) is 0 Å². The van der Waals surface area contributed by atoms with Crippen LogP contribution in [0, 0.1) is 5.92 Å². The molecule has 0 aromatic heterocycles. The molecule has 0 saturated heterocycles. The molecule has 0 aliphatic carbocycles. The second-order valence-electron chi connectivity index (χ2n) is 3.32. The van der Waals surface area contributed by atoms with Crippen molar-refractivity contribution in [3.63, 3.8) is 0 Å². The highest BCUT2D eigenvalue weighted by Gasteiger charge is 2.17. The maximum Gasteiger partial charge on any atom is 0.309 e. The molecule has 1 atom stereocenters. The quantitative estimate of drug-likeness (QED) is 0.841. The van der Waals surface area contributed by atoms with Crippen molar-refractivity contribution in [2.45, 2.75) is 6.42 Å². The van der Waals surface area contributed by atoms with Gasteiger partial charge in [-0.25, -0.2) is 0 Å². The van der Waals surface area contributed by atoms with Crippen molar-refractivity contribution < 1.29 is 14.6 Å². The van der Waals surface area contributed by atoms with Gasteiger partial charge in [-0.05, 0) is 24.1 Å². The summed E-state index contributed by atoms with van der Waals surface area (Å²) in [6.45, 7) is 0.220. The van der Waals surface area contributed by atoms with Gasteiger partial charge in [0.15, 0.2) is 0 Å². The number of hydrogen-bond acceptors (Lipinski definition) is 2. The predicted molar refractivity (Wildman–Crippen MR) is 58.2 cm³/mol. The first-order chi connectivity index (χ1) is 7.13. The minimum atomic E-state index is -0.841. The summed E-state index contributed by atoms with van der Waals surface area (Å²) in [5.74, 6) is -1.34. The zero-order valence-electron chi connectivity index (χ0n) is 8.44. The molecule has 0 radical (unpaired) electrons. The SMILES string of the molecule is COCC(Cc1ccc(Cl)cc1)C(=O)O. The number of methoxy groups -OCH3 is 1. The van der Waals surface area contributed by atoms with Crippen LogP contribution in [0.15, 0.2) is 24.3 Å². The van der Waals surface area contributed by atoms with E-state index < -0.39 is 11.9 Å². The first kappa shape index (κ1) is 12.0. The van der Waals surface area contributed by atoms with Crippen LogP contribution in [-0.4, -0.2) is 24.8 Å². The first-order valence-electron chi connectivity index (χ1n) is 4.59. The molecule has 0 fully saturated rings. The summed E-state index contributed by atoms with van der Waals surface area (Å²) in [7, 11) is 1.50. The van der Waals surface area contributed by atoms with Crippen LogP contribution < -0.4 is 0 Å². The van der Waals surface area contributed by atoms with Gasteiger partial charge in [-0.3, -0.25) is 4.79 Å². The zero-order valence-corrected chi connectivity index (χ0v) is 9.20. The lowest BCUT2D eigenvalue weighted by atomic mass is 10.0. The fraction of sp³-hybridized carbons (Fsp3) is 0.364. The van der Waals surface area contributed by atoms with Crippen molar-refractivity contribution in [2.75, 3.05) is 13.7 Å². The van der Waals surface area contributed by atoms with Crippen molar-refractivity contribution in [1.29, 1.82) is 0 Å². The summed E-state index contributed by atoms with van der Waals surface area (Å²) in [6.07, 6.45) is 0.459. The number of rotatable bonds is 5. The molecule has 1 aromatic rings. The monoisotopic (exact) mass is 228 g/mol. The van der Waals surface area contributed by atoms with Crippen molar-refractivity contribution >= 4 is 17.6 Å². The molecule has 0 aliphatic heterocycles. The number of carboxylic acid groups (broad SMARTS) is 1. The second kappa shape index (κ2) is 5.73. The highest BCUT2D eigenvalue weighted by molar-refractivity contribution is 6.30. The summed E-state index contributed by atoms with van der Waals surface area (Å²) < 4.78 is 4.85. The van der Waals surface area contributed by atoms with Crippen LogP contribution in [0.5, 0.6) is 0 Å². The molecule has 4 heteroatoms. The standard InChI is InChI=1S/C11H13ClO3/c1-15-7-9(11(13)14)6-8-2-4-10(12)5-3-8/h2-5,9H,6-7H2,1H3,(H,13,14). The van der Waals surface area contributed by atoms with E-state index in [0.29, 0.717) is 11.4 Å². The van der Waals surface area contributed by atoms with E-state index in [2.05, 4.69) is 0 Å². The summed E-state index contributed by atoms with van der Waals surface area (Å²) in [5, 5.41) is 9.56. The fourth-order valence-electron chi connectivity index (χ4n) is 1.32. The fourth-order valence-corrected chi connectivity index (χ4v) is 1.45. The Balaban J connectivity index is 2.65. The normalized spacial score (nSPS) is 12.4. The van der Waals surface area contributed by atoms with Gasteiger partial charge < -0.3 is 9.84 Å². The average Bonchev–Trinajstić information content (AvgIpc) is 2.20. The summed E-state index contributed by atoms with van der Waals surface area (Å²) in [4.78, 5) is 10.9. The van der Waals surface area contributed by atoms with Gasteiger partial charge in [0, 0.05) is 12.1 Å². The number of ether oxygens (including phenoxy) is 1. The Labute approximate surface area is 93.6 Å². The van der Waals surface area contributed by atoms with Crippen LogP contribution in [-0.2, 0) is 16.0 Å². The highest BCUT2D eigenvalue weighted by atomic mass is 35.5. The second-order valence-corrected chi connectivity index (χ2v) is 3.76. The molecule has 0 spiro atoms. The van der Waals surface area contributed by atoms with Crippen LogP contribution >= 0.6 is 11.6 Å². The molecular formula is C11H13ClO3. The summed E-state index contributed by atoms with van der Waals surface area (Å²) in [5.41, 5.74) is 0.948. The van der Waals surface area contributed by atoms with Gasteiger partial charge in [0.2, 0.25) is 0 Å². The molecule has 0 bridgehead atoms. The Kier molecular flexibility index (Phi) is 4.59. The molecule has 82 valence electrons. The Morgan fingerprint density at radius 1 is 1.47 bits per heavy atom. The van der Waals surface area contributed by atoms with Crippen LogP contribution in [0.1, 0.15) is 5.56 Å². The van der Waals surface area contributed by atoms with Crippen LogP contribution in [0.25, 0.3) is 0 Å². The van der Waals surface area contributed by atoms with Gasteiger partial charge in [-0.15, -0.1) is 0 Å². The molecule has 0 heterocycles. The molecule has 1 rings (SSSR count). The average molecular weight is 229 g/mol. The van der Waals surface area contributed by atoms with E-state index in [1.54, 1.807) is 12.1 Å². The lowest BCUT2D eigenvalue weighted by Gasteiger charge is -2.10. The zero-order chi connectivity index (χ0) is 11.3. The van der Waals surface area contributed by atoms with E-state index in [1.807, 2.05) is 12.1 Å². The van der Waals surface area contributed by atoms with Crippen molar-refractivity contribution in [3.8, 4) is 0 Å². The molecule has 3 nitrogen and oxygen atoms in total. The van der Waals surface area contributed by atoms with E-state index in [9.17, 15) is 4.79 Å². The molecule has 1 aromatic carbocycles. The van der Waals surface area contributed by atoms with Crippen LogP contribution in [0.2, 0.25) is 5.02 Å². The van der Waals surface area contributed by atoms with E-state index in [1.165, 1.54) is 7.11 Å². The van der Waals surface area contributed by atoms with E-state index in [4.69, 9.17) is 21.4 Å². The highest BCUT2D eigenvalue weighted by Crippen LogP contribution is 2.13. The van der Waals surface area contributed by atoms with Crippen LogP contribution in [0.3, 0.4) is 0 Å². The maximum absolute atomic E-state index is 10.9. The lowest BCUT2D eigenvalue weighted by molar-refractivity contribution is -0.143. The lowest BCUT2D eigenvalue weighted by Crippen LogP contribution is -2.21. The van der Waals surface area contributed by atoms with Gasteiger partial charge in [0.05, 0.1) is 12.5 Å². The third-order valence-corrected chi connectivity index (χ3v) is 2.36. The number of hydrogen-bond donors (Lipinski definition) is 1. The Morgan fingerprint density at radius 3 is 2.53 bits per heavy atom. The Morgan fingerprint density at radius 2 is 2.07 bits per heavy atom. The van der Waals surface area contributed by atoms with Crippen molar-refractivity contribution in [1.82, 2.24) is 0 Å². The smallest absolute Gasteiger partial charge is 0.309 e. The minimum absolute atomic E-state index is 0.220. The number of aliphatic carboxylic acids is 1. The maximum atomic E-state index is 10.9. The molecule has 0 saturated carbocycles. The number of halogens is 1. The third-order valence-electron chi connectivity index (χ3n) is 2.11. The molecule has 0 amide bonds. The van der Waals surface area contributed by atoms with E-state index in [0.717, 1.165) is 5.56 Å². The molecular weight excluding hydrogens is 216 g/mol. The van der Waals surface area contributed by atoms with Crippen molar-refractivity contribution in [2.24, 2.45) is 5.92 Å². The topological polar surface area (TPSA) is 46.5 Å². The largest absolute Gasteiger partial charge is 0.481 e. The van der Waals surface area contributed by atoms with E-state index >= 15 is 0 Å². The van der Waals surface area contributed by atoms with E-state index in [-0.39, 0.29) is 6.61 Å². The number of carboxylic acids is 1. The first-order valence-corrected chi connectivity index (χ1v) is 4.97. The molecule has 1 unspecified atom stereocenters. The van der Waals surface area contributed by atoms with Crippen LogP contribution in [0.4, 0.5) is 0 Å². The molecule has 1 N–H and O–H groups in total. The summed E-state index contributed by atoms with van der Waals surface area (Å²) in [6, 6.07) is 7.16. The summed E-state index contributed by atoms with van der Waals surface area (Å²) >= 11 is 5.73. The van der Waals surface area contributed by atoms with Gasteiger partial charge in [0.1, 0.15) is 0 Å². The molecule has 0 aliphatic rings. The van der Waals surface area contributed by atoms with Gasteiger partial charge in [-0.1, -0.05) is 23.7 Å². The number of benzene rings is 1. The number of carbonyl (C=O) groups is 1. The van der Waals surface area contributed by atoms with Gasteiger partial charge in [-0.2, -0.15) is 0 Å². The predicted octanol–water partition coefficient (Wildman–Crippen LogP) is 2.23. The Bertz CT molecular complexity index is 321. The van der Waals surface area contributed by atoms with Gasteiger partial charge >= 0.3 is 5.97 Å². The minimum Gasteiger partial charge on any atom is -0.481 e. The Hall–Kier alpha value is -1.06. The molecule has 15 heavy (non-hydrogen) atoms. The van der Waals surface area contributed by atoms with Crippen molar-refractivity contribution in [3.05, 3.63) is 34.9 Å².